The van der Waals surface area contributed by atoms with Gasteiger partial charge in [-0.15, -0.1) is 0 Å². The van der Waals surface area contributed by atoms with E-state index in [0.717, 1.165) is 25.8 Å². The number of nitrogens with one attached hydrogen (secondary N) is 1. The Labute approximate surface area is 97.4 Å². The minimum atomic E-state index is -0.383. The second-order valence-corrected chi connectivity index (χ2v) is 4.18. The molecule has 5 nitrogen and oxygen atoms in total. The lowest BCUT2D eigenvalue weighted by Crippen LogP contribution is -2.27. The van der Waals surface area contributed by atoms with Crippen LogP contribution in [0.25, 0.3) is 0 Å². The number of rotatable bonds is 9. The van der Waals surface area contributed by atoms with Gasteiger partial charge in [-0.1, -0.05) is 6.42 Å². The number of nitrogens with zero attached hydrogens (tertiary/aromatic N) is 1. The van der Waals surface area contributed by atoms with Gasteiger partial charge in [0.05, 0.1) is 0 Å². The summed E-state index contributed by atoms with van der Waals surface area (Å²) in [6, 6.07) is 0. The van der Waals surface area contributed by atoms with Gasteiger partial charge in [-0.05, 0) is 33.5 Å². The van der Waals surface area contributed by atoms with Crippen molar-refractivity contribution in [3.63, 3.8) is 0 Å². The first-order valence-corrected chi connectivity index (χ1v) is 5.72. The standard InChI is InChI=1S/C11H23N3O2/c1-14(2)9-5-3-4-6-11(16)13-8-7-10(12)15/h3-9H2,1-2H3,(H2,12,15)(H,13,16). The van der Waals surface area contributed by atoms with E-state index in [9.17, 15) is 9.59 Å². The molecule has 0 aromatic heterocycles. The lowest BCUT2D eigenvalue weighted by Gasteiger charge is -2.08. The Kier molecular flexibility index (Phi) is 8.52. The molecule has 16 heavy (non-hydrogen) atoms. The van der Waals surface area contributed by atoms with Gasteiger partial charge in [-0.25, -0.2) is 0 Å². The molecule has 0 heterocycles. The number of carbonyl (C=O) groups excluding carboxylic acids is 2. The Morgan fingerprint density at radius 1 is 1.12 bits per heavy atom. The van der Waals surface area contributed by atoms with Gasteiger partial charge >= 0.3 is 0 Å². The molecule has 0 rings (SSSR count). The van der Waals surface area contributed by atoms with Crippen LogP contribution in [0.5, 0.6) is 0 Å². The molecule has 0 aliphatic heterocycles. The van der Waals surface area contributed by atoms with E-state index in [0.29, 0.717) is 13.0 Å². The molecule has 0 saturated heterocycles. The van der Waals surface area contributed by atoms with E-state index in [2.05, 4.69) is 10.2 Å². The van der Waals surface area contributed by atoms with Crippen molar-refractivity contribution in [3.05, 3.63) is 0 Å². The number of amides is 2. The van der Waals surface area contributed by atoms with Crippen LogP contribution >= 0.6 is 0 Å². The summed E-state index contributed by atoms with van der Waals surface area (Å²) in [7, 11) is 4.08. The molecule has 0 unspecified atom stereocenters. The summed E-state index contributed by atoms with van der Waals surface area (Å²) in [5.41, 5.74) is 4.95. The van der Waals surface area contributed by atoms with Crippen molar-refractivity contribution in [2.45, 2.75) is 32.1 Å². The first-order chi connectivity index (χ1) is 7.52. The quantitative estimate of drug-likeness (QED) is 0.551. The Morgan fingerprint density at radius 3 is 2.38 bits per heavy atom. The number of unbranched alkanes of at least 4 members (excludes halogenated alkanes) is 2. The average molecular weight is 229 g/mol. The monoisotopic (exact) mass is 229 g/mol. The Bertz CT molecular complexity index is 217. The van der Waals surface area contributed by atoms with E-state index in [4.69, 9.17) is 5.73 Å². The molecule has 0 aliphatic rings. The number of hydrogen-bond donors (Lipinski definition) is 2. The predicted octanol–water partition coefficient (Wildman–Crippen LogP) is 0.100. The van der Waals surface area contributed by atoms with Gasteiger partial charge in [0.25, 0.3) is 0 Å². The molecule has 0 atom stereocenters. The first kappa shape index (κ1) is 14.9. The smallest absolute Gasteiger partial charge is 0.220 e. The maximum Gasteiger partial charge on any atom is 0.220 e. The molecular weight excluding hydrogens is 206 g/mol. The van der Waals surface area contributed by atoms with Crippen molar-refractivity contribution in [2.24, 2.45) is 5.73 Å². The molecule has 2 amide bonds. The zero-order valence-electron chi connectivity index (χ0n) is 10.3. The third-order valence-electron chi connectivity index (χ3n) is 2.20. The predicted molar refractivity (Wildman–Crippen MR) is 63.8 cm³/mol. The Hall–Kier alpha value is -1.10. The van der Waals surface area contributed by atoms with E-state index >= 15 is 0 Å². The molecule has 0 fully saturated rings. The third-order valence-corrected chi connectivity index (χ3v) is 2.20. The molecule has 94 valence electrons. The Balaban J connectivity index is 3.27. The molecule has 0 spiro atoms. The van der Waals surface area contributed by atoms with Crippen LogP contribution < -0.4 is 11.1 Å². The van der Waals surface area contributed by atoms with E-state index in [1.54, 1.807) is 0 Å². The van der Waals surface area contributed by atoms with Crippen LogP contribution in [0, 0.1) is 0 Å². The van der Waals surface area contributed by atoms with Crippen LogP contribution in [0.1, 0.15) is 32.1 Å². The van der Waals surface area contributed by atoms with E-state index in [1.807, 2.05) is 14.1 Å². The van der Waals surface area contributed by atoms with Gasteiger partial charge < -0.3 is 16.0 Å². The largest absolute Gasteiger partial charge is 0.370 e. The summed E-state index contributed by atoms with van der Waals surface area (Å²) in [5.74, 6) is -0.377. The van der Waals surface area contributed by atoms with Gasteiger partial charge in [-0.2, -0.15) is 0 Å². The maximum atomic E-state index is 11.2. The van der Waals surface area contributed by atoms with Gasteiger partial charge in [0.1, 0.15) is 0 Å². The van der Waals surface area contributed by atoms with Gasteiger partial charge in [0, 0.05) is 19.4 Å². The van der Waals surface area contributed by atoms with Gasteiger partial charge in [-0.3, -0.25) is 9.59 Å². The third kappa shape index (κ3) is 11.0. The highest BCUT2D eigenvalue weighted by molar-refractivity contribution is 5.77. The van der Waals surface area contributed by atoms with Crippen molar-refractivity contribution < 1.29 is 9.59 Å². The van der Waals surface area contributed by atoms with Crippen LogP contribution in [0.15, 0.2) is 0 Å². The average Bonchev–Trinajstić information content (AvgIpc) is 2.16. The van der Waals surface area contributed by atoms with Crippen LogP contribution in [0.4, 0.5) is 0 Å². The number of hydrogen-bond acceptors (Lipinski definition) is 3. The zero-order valence-corrected chi connectivity index (χ0v) is 10.3. The van der Waals surface area contributed by atoms with Crippen molar-refractivity contribution in [1.82, 2.24) is 10.2 Å². The number of nitrogens with two attached hydrogens (primary N) is 1. The molecule has 0 bridgehead atoms. The van der Waals surface area contributed by atoms with Crippen LogP contribution in [-0.4, -0.2) is 43.9 Å². The fourth-order valence-corrected chi connectivity index (χ4v) is 1.30. The van der Waals surface area contributed by atoms with Crippen LogP contribution in [0.2, 0.25) is 0 Å². The number of carbonyl (C=O) groups is 2. The highest BCUT2D eigenvalue weighted by atomic mass is 16.2. The SMILES string of the molecule is CN(C)CCCCCC(=O)NCCC(N)=O. The fraction of sp³-hybridized carbons (Fsp3) is 0.818. The maximum absolute atomic E-state index is 11.2. The molecule has 5 heteroatoms. The van der Waals surface area contributed by atoms with Crippen LogP contribution in [-0.2, 0) is 9.59 Å². The molecular formula is C11H23N3O2. The Morgan fingerprint density at radius 2 is 1.81 bits per heavy atom. The lowest BCUT2D eigenvalue weighted by molar-refractivity contribution is -0.121. The minimum Gasteiger partial charge on any atom is -0.370 e. The summed E-state index contributed by atoms with van der Waals surface area (Å²) in [6.07, 6.45) is 3.82. The van der Waals surface area contributed by atoms with Crippen molar-refractivity contribution in [3.8, 4) is 0 Å². The molecule has 0 saturated carbocycles. The lowest BCUT2D eigenvalue weighted by atomic mass is 10.2. The minimum absolute atomic E-state index is 0.00565. The second kappa shape index (κ2) is 9.15. The highest BCUT2D eigenvalue weighted by Crippen LogP contribution is 2.00. The summed E-state index contributed by atoms with van der Waals surface area (Å²) < 4.78 is 0. The summed E-state index contributed by atoms with van der Waals surface area (Å²) in [5, 5.41) is 2.66. The van der Waals surface area contributed by atoms with Crippen molar-refractivity contribution >= 4 is 11.8 Å². The molecule has 0 aliphatic carbocycles. The molecule has 3 N–H and O–H groups in total. The molecule has 0 aromatic carbocycles. The first-order valence-electron chi connectivity index (χ1n) is 5.72. The highest BCUT2D eigenvalue weighted by Gasteiger charge is 2.01. The van der Waals surface area contributed by atoms with E-state index in [-0.39, 0.29) is 18.2 Å². The van der Waals surface area contributed by atoms with Gasteiger partial charge in [0.2, 0.25) is 11.8 Å². The topological polar surface area (TPSA) is 75.4 Å². The van der Waals surface area contributed by atoms with E-state index in [1.165, 1.54) is 0 Å². The molecule has 0 aromatic rings. The molecule has 0 radical (unpaired) electrons. The fourth-order valence-electron chi connectivity index (χ4n) is 1.30. The van der Waals surface area contributed by atoms with Crippen LogP contribution in [0.3, 0.4) is 0 Å². The summed E-state index contributed by atoms with van der Waals surface area (Å²) in [4.78, 5) is 23.8. The summed E-state index contributed by atoms with van der Waals surface area (Å²) >= 11 is 0. The van der Waals surface area contributed by atoms with E-state index < -0.39 is 0 Å². The van der Waals surface area contributed by atoms with Gasteiger partial charge in [0.15, 0.2) is 0 Å². The summed E-state index contributed by atoms with van der Waals surface area (Å²) in [6.45, 7) is 1.41. The zero-order chi connectivity index (χ0) is 12.4. The normalized spacial score (nSPS) is 10.4. The van der Waals surface area contributed by atoms with Crippen molar-refractivity contribution in [2.75, 3.05) is 27.2 Å². The van der Waals surface area contributed by atoms with Crippen molar-refractivity contribution in [1.29, 1.82) is 0 Å². The number of primary amides is 1. The second-order valence-electron chi connectivity index (χ2n) is 4.18.